The third-order valence-corrected chi connectivity index (χ3v) is 5.75. The van der Waals surface area contributed by atoms with E-state index in [1.807, 2.05) is 25.1 Å². The number of methoxy groups -OCH3 is 1. The summed E-state index contributed by atoms with van der Waals surface area (Å²) in [4.78, 5) is 4.45. The summed E-state index contributed by atoms with van der Waals surface area (Å²) < 4.78 is 31.5. The lowest BCUT2D eigenvalue weighted by Crippen LogP contribution is -2.37. The van der Waals surface area contributed by atoms with E-state index in [0.717, 1.165) is 23.3 Å². The number of aliphatic imine (C=N–C) groups is 1. The third-order valence-electron chi connectivity index (χ3n) is 4.34. The van der Waals surface area contributed by atoms with E-state index < -0.39 is 10.0 Å². The van der Waals surface area contributed by atoms with Crippen LogP contribution in [0.4, 0.5) is 0 Å². The lowest BCUT2D eigenvalue weighted by atomic mass is 10.1. The normalized spacial score (nSPS) is 11.9. The number of benzene rings is 2. The highest BCUT2D eigenvalue weighted by molar-refractivity contribution is 7.89. The monoisotopic (exact) mass is 404 g/mol. The van der Waals surface area contributed by atoms with Gasteiger partial charge in [0, 0.05) is 20.1 Å². The van der Waals surface area contributed by atoms with Gasteiger partial charge in [-0.1, -0.05) is 24.3 Å². The lowest BCUT2D eigenvalue weighted by molar-refractivity contribution is 0.411. The molecule has 0 bridgehead atoms. The van der Waals surface area contributed by atoms with E-state index in [9.17, 15) is 8.42 Å². The molecule has 0 amide bonds. The van der Waals surface area contributed by atoms with Gasteiger partial charge in [-0.15, -0.1) is 0 Å². The Balaban J connectivity index is 1.89. The summed E-state index contributed by atoms with van der Waals surface area (Å²) in [6, 6.07) is 13.0. The van der Waals surface area contributed by atoms with Crippen LogP contribution in [-0.2, 0) is 23.0 Å². The molecule has 7 nitrogen and oxygen atoms in total. The molecule has 0 radical (unpaired) electrons. The van der Waals surface area contributed by atoms with Crippen LogP contribution in [0, 0.1) is 6.92 Å². The van der Waals surface area contributed by atoms with Crippen LogP contribution in [0.25, 0.3) is 0 Å². The van der Waals surface area contributed by atoms with Gasteiger partial charge in [-0.3, -0.25) is 4.99 Å². The van der Waals surface area contributed by atoms with Crippen molar-refractivity contribution in [2.45, 2.75) is 24.8 Å². The molecule has 0 saturated heterocycles. The Morgan fingerprint density at radius 2 is 1.89 bits per heavy atom. The summed E-state index contributed by atoms with van der Waals surface area (Å²) >= 11 is 0. The van der Waals surface area contributed by atoms with Gasteiger partial charge in [0.25, 0.3) is 0 Å². The van der Waals surface area contributed by atoms with Gasteiger partial charge in [0.05, 0.1) is 12.0 Å². The minimum atomic E-state index is -3.45. The number of nitrogens with one attached hydrogen (secondary N) is 3. The fourth-order valence-electron chi connectivity index (χ4n) is 2.69. The highest BCUT2D eigenvalue weighted by Crippen LogP contribution is 2.19. The molecule has 0 aliphatic heterocycles. The van der Waals surface area contributed by atoms with Crippen molar-refractivity contribution in [3.05, 3.63) is 59.2 Å². The highest BCUT2D eigenvalue weighted by Gasteiger charge is 2.11. The molecule has 3 N–H and O–H groups in total. The van der Waals surface area contributed by atoms with Gasteiger partial charge < -0.3 is 15.4 Å². The molecule has 0 aliphatic carbocycles. The zero-order chi connectivity index (χ0) is 20.6. The van der Waals surface area contributed by atoms with Crippen molar-refractivity contribution in [2.24, 2.45) is 4.99 Å². The molecule has 152 valence electrons. The van der Waals surface area contributed by atoms with Gasteiger partial charge in [-0.2, -0.15) is 0 Å². The molecule has 0 atom stereocenters. The van der Waals surface area contributed by atoms with Crippen molar-refractivity contribution >= 4 is 16.0 Å². The van der Waals surface area contributed by atoms with Crippen molar-refractivity contribution in [1.29, 1.82) is 0 Å². The summed E-state index contributed by atoms with van der Waals surface area (Å²) in [6.07, 6.45) is 0.827. The average molecular weight is 405 g/mol. The molecule has 0 aromatic heterocycles. The highest BCUT2D eigenvalue weighted by atomic mass is 32.2. The Morgan fingerprint density at radius 3 is 2.57 bits per heavy atom. The van der Waals surface area contributed by atoms with E-state index in [1.54, 1.807) is 32.4 Å². The fourth-order valence-corrected chi connectivity index (χ4v) is 3.49. The first-order valence-electron chi connectivity index (χ1n) is 9.00. The maximum absolute atomic E-state index is 11.9. The number of rotatable bonds is 8. The van der Waals surface area contributed by atoms with E-state index in [1.165, 1.54) is 12.6 Å². The minimum Gasteiger partial charge on any atom is -0.496 e. The molecule has 8 heteroatoms. The maximum atomic E-state index is 11.9. The van der Waals surface area contributed by atoms with Crippen LogP contribution >= 0.6 is 0 Å². The van der Waals surface area contributed by atoms with Crippen LogP contribution in [0.5, 0.6) is 5.75 Å². The van der Waals surface area contributed by atoms with Gasteiger partial charge in [-0.05, 0) is 55.3 Å². The molecular formula is C20H28N4O3S. The number of hydrogen-bond acceptors (Lipinski definition) is 4. The second-order valence-corrected chi connectivity index (χ2v) is 8.15. The Labute approximate surface area is 167 Å². The summed E-state index contributed by atoms with van der Waals surface area (Å²) in [5.74, 6) is 1.54. The minimum absolute atomic E-state index is 0.241. The van der Waals surface area contributed by atoms with Crippen molar-refractivity contribution < 1.29 is 13.2 Å². The van der Waals surface area contributed by atoms with E-state index in [-0.39, 0.29) is 4.90 Å². The maximum Gasteiger partial charge on any atom is 0.240 e. The third kappa shape index (κ3) is 5.97. The SMILES string of the molecule is CN=C(NCCc1ccc(C)c(OC)c1)NCc1cccc(S(=O)(=O)NC)c1. The number of ether oxygens (including phenoxy) is 1. The molecular weight excluding hydrogens is 376 g/mol. The molecule has 0 aliphatic rings. The van der Waals surface area contributed by atoms with Crippen molar-refractivity contribution in [3.63, 3.8) is 0 Å². The smallest absolute Gasteiger partial charge is 0.240 e. The zero-order valence-corrected chi connectivity index (χ0v) is 17.6. The largest absolute Gasteiger partial charge is 0.496 e. The predicted octanol–water partition coefficient (Wildman–Crippen LogP) is 1.82. The van der Waals surface area contributed by atoms with E-state index >= 15 is 0 Å². The standard InChI is InChI=1S/C20H28N4O3S/c1-15-8-9-16(13-19(15)27-4)10-11-23-20(21-2)24-14-17-6-5-7-18(12-17)28(25,26)22-3/h5-9,12-13,22H,10-11,14H2,1-4H3,(H2,21,23,24). The second-order valence-electron chi connectivity index (χ2n) is 6.26. The molecule has 0 heterocycles. The van der Waals surface area contributed by atoms with Gasteiger partial charge in [0.15, 0.2) is 5.96 Å². The van der Waals surface area contributed by atoms with Crippen LogP contribution < -0.4 is 20.1 Å². The Kier molecular flexibility index (Phi) is 7.83. The average Bonchev–Trinajstić information content (AvgIpc) is 2.71. The van der Waals surface area contributed by atoms with Crippen molar-refractivity contribution in [2.75, 3.05) is 27.7 Å². The van der Waals surface area contributed by atoms with Crippen LogP contribution in [0.1, 0.15) is 16.7 Å². The van der Waals surface area contributed by atoms with Crippen molar-refractivity contribution in [1.82, 2.24) is 15.4 Å². The lowest BCUT2D eigenvalue weighted by Gasteiger charge is -2.13. The predicted molar refractivity (Wildman–Crippen MR) is 112 cm³/mol. The number of aryl methyl sites for hydroxylation is 1. The summed E-state index contributed by atoms with van der Waals surface area (Å²) in [6.45, 7) is 3.19. The summed E-state index contributed by atoms with van der Waals surface area (Å²) in [5, 5.41) is 6.46. The number of guanidine groups is 1. The topological polar surface area (TPSA) is 91.8 Å². The Morgan fingerprint density at radius 1 is 1.11 bits per heavy atom. The van der Waals surface area contributed by atoms with E-state index in [0.29, 0.717) is 19.0 Å². The van der Waals surface area contributed by atoms with Crippen LogP contribution in [0.3, 0.4) is 0 Å². The molecule has 2 aromatic rings. The fraction of sp³-hybridized carbons (Fsp3) is 0.350. The van der Waals surface area contributed by atoms with Gasteiger partial charge in [0.2, 0.25) is 10.0 Å². The molecule has 0 spiro atoms. The van der Waals surface area contributed by atoms with Crippen LogP contribution in [0.2, 0.25) is 0 Å². The number of sulfonamides is 1. The Bertz CT molecular complexity index is 927. The first kappa shape index (κ1) is 21.7. The number of hydrogen-bond donors (Lipinski definition) is 3. The molecule has 28 heavy (non-hydrogen) atoms. The van der Waals surface area contributed by atoms with Crippen LogP contribution in [0.15, 0.2) is 52.4 Å². The van der Waals surface area contributed by atoms with Gasteiger partial charge >= 0.3 is 0 Å². The molecule has 2 aromatic carbocycles. The zero-order valence-electron chi connectivity index (χ0n) is 16.7. The summed E-state index contributed by atoms with van der Waals surface area (Å²) in [7, 11) is 1.32. The first-order valence-corrected chi connectivity index (χ1v) is 10.5. The van der Waals surface area contributed by atoms with Gasteiger partial charge in [-0.25, -0.2) is 13.1 Å². The summed E-state index contributed by atoms with van der Waals surface area (Å²) in [5.41, 5.74) is 3.14. The molecule has 0 fully saturated rings. The molecule has 2 rings (SSSR count). The van der Waals surface area contributed by atoms with Crippen molar-refractivity contribution in [3.8, 4) is 5.75 Å². The second kappa shape index (κ2) is 10.1. The van der Waals surface area contributed by atoms with E-state index in [4.69, 9.17) is 4.74 Å². The Hall–Kier alpha value is -2.58. The quantitative estimate of drug-likeness (QED) is 0.461. The first-order chi connectivity index (χ1) is 13.4. The van der Waals surface area contributed by atoms with E-state index in [2.05, 4.69) is 26.4 Å². The number of nitrogens with zero attached hydrogens (tertiary/aromatic N) is 1. The van der Waals surface area contributed by atoms with Gasteiger partial charge in [0.1, 0.15) is 5.75 Å². The molecule has 0 unspecified atom stereocenters. The molecule has 0 saturated carbocycles. The van der Waals surface area contributed by atoms with Crippen LogP contribution in [-0.4, -0.2) is 42.1 Å².